The van der Waals surface area contributed by atoms with E-state index in [0.717, 1.165) is 99.8 Å². The van der Waals surface area contributed by atoms with Crippen molar-refractivity contribution in [3.05, 3.63) is 217 Å². The Morgan fingerprint density at radius 3 is 1.91 bits per heavy atom. The Balaban J connectivity index is 1.08. The van der Waals surface area contributed by atoms with Gasteiger partial charge in [0.1, 0.15) is 22.3 Å². The molecule has 1 unspecified atom stereocenters. The predicted molar refractivity (Wildman–Crippen MR) is 266 cm³/mol. The van der Waals surface area contributed by atoms with Crippen LogP contribution in [0.1, 0.15) is 30.0 Å². The van der Waals surface area contributed by atoms with Crippen molar-refractivity contribution in [1.82, 2.24) is 4.57 Å². The number of fused-ring (bicyclic) bond motifs is 10. The molecular formula is C59H39N3O2. The molecule has 1 aliphatic rings. The maximum absolute atomic E-state index is 6.64. The smallest absolute Gasteiger partial charge is 0.160 e. The molecule has 4 heterocycles. The van der Waals surface area contributed by atoms with Crippen LogP contribution in [0.5, 0.6) is 0 Å². The molecule has 0 N–H and O–H groups in total. The summed E-state index contributed by atoms with van der Waals surface area (Å²) in [4.78, 5) is 11.3. The minimum atomic E-state index is 0.0364. The summed E-state index contributed by atoms with van der Waals surface area (Å²) in [5.41, 5.74) is 13.7. The number of rotatable bonds is 5. The van der Waals surface area contributed by atoms with E-state index in [2.05, 4.69) is 193 Å². The average molecular weight is 822 g/mol. The van der Waals surface area contributed by atoms with Gasteiger partial charge in [-0.25, -0.2) is 9.98 Å². The minimum absolute atomic E-state index is 0.0364. The zero-order chi connectivity index (χ0) is 42.3. The van der Waals surface area contributed by atoms with E-state index in [1.807, 2.05) is 18.2 Å². The van der Waals surface area contributed by atoms with Gasteiger partial charge in [0.25, 0.3) is 0 Å². The molecule has 5 nitrogen and oxygen atoms in total. The average Bonchev–Trinajstić information content (AvgIpc) is 4.01. The molecular weight excluding hydrogens is 783 g/mol. The maximum Gasteiger partial charge on any atom is 0.160 e. The van der Waals surface area contributed by atoms with Crippen molar-refractivity contribution >= 4 is 93.7 Å². The van der Waals surface area contributed by atoms with E-state index in [9.17, 15) is 0 Å². The highest BCUT2D eigenvalue weighted by molar-refractivity contribution is 6.19. The van der Waals surface area contributed by atoms with Gasteiger partial charge in [-0.3, -0.25) is 0 Å². The van der Waals surface area contributed by atoms with E-state index in [1.54, 1.807) is 0 Å². The quantitative estimate of drug-likeness (QED) is 0.174. The number of furan rings is 2. The molecule has 12 aromatic rings. The van der Waals surface area contributed by atoms with Crippen LogP contribution in [0.2, 0.25) is 0 Å². The van der Waals surface area contributed by atoms with Gasteiger partial charge in [0.05, 0.1) is 28.1 Å². The standard InChI is InChI=1S/C59H39N3O2/c1-36-23-30-48(60-59(39-26-24-38(25-27-39)37-13-3-2-4-14-37)61-58(36)42-28-29-45-44-18-8-11-21-52(44)64-55(45)35-42)57-50(31-32-54-56(57)46-19-9-12-22-53(46)63-54)62-49-20-10-7-17-43(49)47-33-40-15-5-6-16-41(40)34-51(47)62/h2-22,24-36H,23H2,1H3/b48-30+,60-59?,61-58?. The van der Waals surface area contributed by atoms with Crippen LogP contribution in [0.15, 0.2) is 219 Å². The van der Waals surface area contributed by atoms with Crippen LogP contribution in [-0.2, 0) is 0 Å². The molecule has 0 saturated heterocycles. The van der Waals surface area contributed by atoms with Crippen LogP contribution in [0.4, 0.5) is 0 Å². The number of hydrogen-bond donors (Lipinski definition) is 0. The molecule has 0 amide bonds. The Morgan fingerprint density at radius 1 is 0.453 bits per heavy atom. The zero-order valence-corrected chi connectivity index (χ0v) is 35.0. The zero-order valence-electron chi connectivity index (χ0n) is 35.0. The number of para-hydroxylation sites is 3. The first-order chi connectivity index (χ1) is 31.6. The third-order valence-corrected chi connectivity index (χ3v) is 13.1. The molecule has 13 rings (SSSR count). The first kappa shape index (κ1) is 36.4. The largest absolute Gasteiger partial charge is 0.456 e. The van der Waals surface area contributed by atoms with Crippen molar-refractivity contribution in [2.75, 3.05) is 0 Å². The number of benzene rings is 9. The summed E-state index contributed by atoms with van der Waals surface area (Å²) in [6.45, 7) is 2.27. The van der Waals surface area contributed by atoms with Crippen molar-refractivity contribution in [2.45, 2.75) is 13.3 Å². The first-order valence-corrected chi connectivity index (χ1v) is 21.9. The monoisotopic (exact) mass is 821 g/mol. The van der Waals surface area contributed by atoms with Gasteiger partial charge in [0.2, 0.25) is 0 Å². The number of nitrogens with zero attached hydrogens (tertiary/aromatic N) is 3. The molecule has 64 heavy (non-hydrogen) atoms. The fraction of sp³-hybridized carbons (Fsp3) is 0.0508. The second-order valence-electron chi connectivity index (χ2n) is 16.9. The first-order valence-electron chi connectivity index (χ1n) is 21.9. The Hall–Kier alpha value is -8.28. The number of hydrogen-bond acceptors (Lipinski definition) is 4. The van der Waals surface area contributed by atoms with E-state index in [0.29, 0.717) is 12.3 Å². The summed E-state index contributed by atoms with van der Waals surface area (Å²) in [6, 6.07) is 68.6. The number of allylic oxidation sites excluding steroid dienone is 1. The fourth-order valence-electron chi connectivity index (χ4n) is 9.94. The van der Waals surface area contributed by atoms with Crippen LogP contribution in [0.3, 0.4) is 0 Å². The summed E-state index contributed by atoms with van der Waals surface area (Å²) in [6.07, 6.45) is 3.03. The van der Waals surface area contributed by atoms with Crippen molar-refractivity contribution in [3.8, 4) is 16.8 Å². The van der Waals surface area contributed by atoms with Crippen LogP contribution in [0.25, 0.3) is 99.0 Å². The highest BCUT2D eigenvalue weighted by atomic mass is 16.3. The summed E-state index contributed by atoms with van der Waals surface area (Å²) in [5.74, 6) is 0.676. The maximum atomic E-state index is 6.64. The molecule has 0 saturated carbocycles. The van der Waals surface area contributed by atoms with Crippen molar-refractivity contribution in [3.63, 3.8) is 0 Å². The van der Waals surface area contributed by atoms with Crippen molar-refractivity contribution < 1.29 is 8.83 Å². The number of aliphatic imine (C=N–C) groups is 2. The molecule has 3 aromatic heterocycles. The summed E-state index contributed by atoms with van der Waals surface area (Å²) in [5, 5.41) is 9.09. The lowest BCUT2D eigenvalue weighted by Gasteiger charge is -2.21. The normalized spacial score (nSPS) is 15.5. The van der Waals surface area contributed by atoms with Gasteiger partial charge in [-0.15, -0.1) is 0 Å². The van der Waals surface area contributed by atoms with E-state index in [-0.39, 0.29) is 5.92 Å². The molecule has 1 aliphatic heterocycles. The summed E-state index contributed by atoms with van der Waals surface area (Å²) >= 11 is 0. The lowest BCUT2D eigenvalue weighted by molar-refractivity contribution is 0.668. The molecule has 302 valence electrons. The molecule has 0 radical (unpaired) electrons. The minimum Gasteiger partial charge on any atom is -0.456 e. The van der Waals surface area contributed by atoms with E-state index in [4.69, 9.17) is 18.8 Å². The van der Waals surface area contributed by atoms with Crippen LogP contribution in [-0.4, -0.2) is 16.1 Å². The Labute approximate surface area is 368 Å². The Morgan fingerprint density at radius 2 is 1.08 bits per heavy atom. The van der Waals surface area contributed by atoms with Gasteiger partial charge >= 0.3 is 0 Å². The highest BCUT2D eigenvalue weighted by Crippen LogP contribution is 2.43. The highest BCUT2D eigenvalue weighted by Gasteiger charge is 2.26. The van der Waals surface area contributed by atoms with Crippen LogP contribution >= 0.6 is 0 Å². The Bertz CT molecular complexity index is 3940. The Kier molecular flexibility index (Phi) is 8.19. The molecule has 0 aliphatic carbocycles. The number of amidine groups is 1. The van der Waals surface area contributed by atoms with Gasteiger partial charge in [0, 0.05) is 54.9 Å². The SMILES string of the molecule is CC1C/C=C(\c2c(-n3c4ccccc4c4cc5ccccc5cc43)ccc3oc4ccccc4c23)N=C(c2ccc(-c3ccccc3)cc2)N=C1c1ccc2c(c1)oc1ccccc12. The molecule has 0 spiro atoms. The molecule has 5 heteroatoms. The van der Waals surface area contributed by atoms with Crippen LogP contribution < -0.4 is 0 Å². The molecule has 9 aromatic carbocycles. The third-order valence-electron chi connectivity index (χ3n) is 13.1. The topological polar surface area (TPSA) is 55.9 Å². The summed E-state index contributed by atoms with van der Waals surface area (Å²) in [7, 11) is 0. The van der Waals surface area contributed by atoms with Gasteiger partial charge in [0.15, 0.2) is 5.84 Å². The van der Waals surface area contributed by atoms with Gasteiger partial charge in [-0.05, 0) is 82.9 Å². The van der Waals surface area contributed by atoms with E-state index in [1.165, 1.54) is 21.5 Å². The van der Waals surface area contributed by atoms with Gasteiger partial charge in [-0.2, -0.15) is 0 Å². The van der Waals surface area contributed by atoms with Crippen molar-refractivity contribution in [1.29, 1.82) is 0 Å². The molecule has 0 bridgehead atoms. The lowest BCUT2D eigenvalue weighted by atomic mass is 9.92. The number of aromatic nitrogens is 1. The van der Waals surface area contributed by atoms with Gasteiger partial charge < -0.3 is 13.4 Å². The van der Waals surface area contributed by atoms with Crippen molar-refractivity contribution in [2.24, 2.45) is 15.9 Å². The van der Waals surface area contributed by atoms with E-state index >= 15 is 0 Å². The molecule has 0 fully saturated rings. The lowest BCUT2D eigenvalue weighted by Crippen LogP contribution is -2.17. The predicted octanol–water partition coefficient (Wildman–Crippen LogP) is 15.7. The second-order valence-corrected chi connectivity index (χ2v) is 16.9. The van der Waals surface area contributed by atoms with E-state index < -0.39 is 0 Å². The van der Waals surface area contributed by atoms with Gasteiger partial charge in [-0.1, -0.05) is 153 Å². The molecule has 1 atom stereocenters. The summed E-state index contributed by atoms with van der Waals surface area (Å²) < 4.78 is 15.5. The third kappa shape index (κ3) is 5.78. The fourth-order valence-corrected chi connectivity index (χ4v) is 9.94. The van der Waals surface area contributed by atoms with Crippen LogP contribution in [0, 0.1) is 5.92 Å². The second kappa shape index (κ2) is 14.4.